The Kier molecular flexibility index (Phi) is 3.22. The maximum absolute atomic E-state index is 5.88. The second-order valence-corrected chi connectivity index (χ2v) is 5.51. The Hall–Kier alpha value is -1.51. The van der Waals surface area contributed by atoms with Crippen LogP contribution < -0.4 is 11.1 Å². The Morgan fingerprint density at radius 3 is 2.72 bits per heavy atom. The van der Waals surface area contributed by atoms with Gasteiger partial charge in [-0.05, 0) is 43.1 Å². The lowest BCUT2D eigenvalue weighted by Gasteiger charge is -2.26. The number of hydrogen-bond acceptors (Lipinski definition) is 1. The van der Waals surface area contributed by atoms with E-state index in [4.69, 9.17) is 5.73 Å². The number of nitrogens with two attached hydrogens (primary N) is 1. The Morgan fingerprint density at radius 1 is 1.28 bits per heavy atom. The van der Waals surface area contributed by atoms with Gasteiger partial charge in [0.1, 0.15) is 0 Å². The molecule has 3 rings (SSSR count). The predicted octanol–water partition coefficient (Wildman–Crippen LogP) is 2.25. The van der Waals surface area contributed by atoms with Gasteiger partial charge in [0.2, 0.25) is 0 Å². The van der Waals surface area contributed by atoms with Gasteiger partial charge >= 0.3 is 0 Å². The highest BCUT2D eigenvalue weighted by atomic mass is 15.1. The average molecular weight is 243 g/mol. The molecular formula is C15H21N3. The van der Waals surface area contributed by atoms with E-state index in [0.29, 0.717) is 23.8 Å². The van der Waals surface area contributed by atoms with Gasteiger partial charge in [0.15, 0.2) is 5.96 Å². The van der Waals surface area contributed by atoms with Crippen LogP contribution in [-0.4, -0.2) is 18.5 Å². The summed E-state index contributed by atoms with van der Waals surface area (Å²) in [4.78, 5) is 4.47. The molecule has 0 unspecified atom stereocenters. The third kappa shape index (κ3) is 2.66. The molecule has 0 aliphatic heterocycles. The number of benzene rings is 1. The smallest absolute Gasteiger partial charge is 0.188 e. The van der Waals surface area contributed by atoms with E-state index in [1.807, 2.05) is 0 Å². The van der Waals surface area contributed by atoms with Crippen LogP contribution in [0.4, 0.5) is 0 Å². The second-order valence-electron chi connectivity index (χ2n) is 5.51. The van der Waals surface area contributed by atoms with Crippen molar-refractivity contribution in [2.75, 3.05) is 6.54 Å². The van der Waals surface area contributed by atoms with Crippen LogP contribution in [0, 0.1) is 5.92 Å². The fourth-order valence-corrected chi connectivity index (χ4v) is 2.58. The van der Waals surface area contributed by atoms with Crippen LogP contribution in [-0.2, 0) is 0 Å². The van der Waals surface area contributed by atoms with Crippen molar-refractivity contribution in [3.05, 3.63) is 35.9 Å². The van der Waals surface area contributed by atoms with Gasteiger partial charge in [-0.1, -0.05) is 30.3 Å². The number of rotatable bonds is 4. The first-order valence-electron chi connectivity index (χ1n) is 6.94. The van der Waals surface area contributed by atoms with Crippen LogP contribution in [0.25, 0.3) is 0 Å². The molecule has 1 aromatic rings. The fourth-order valence-electron chi connectivity index (χ4n) is 2.58. The van der Waals surface area contributed by atoms with Crippen molar-refractivity contribution in [1.82, 2.24) is 5.32 Å². The van der Waals surface area contributed by atoms with Gasteiger partial charge in [-0.2, -0.15) is 0 Å². The molecule has 18 heavy (non-hydrogen) atoms. The predicted molar refractivity (Wildman–Crippen MR) is 74.6 cm³/mol. The zero-order valence-electron chi connectivity index (χ0n) is 10.7. The van der Waals surface area contributed by atoms with Gasteiger partial charge < -0.3 is 11.1 Å². The summed E-state index contributed by atoms with van der Waals surface area (Å²) in [6.07, 6.45) is 5.06. The summed E-state index contributed by atoms with van der Waals surface area (Å²) < 4.78 is 0. The first kappa shape index (κ1) is 11.6. The largest absolute Gasteiger partial charge is 0.370 e. The lowest BCUT2D eigenvalue weighted by atomic mass is 9.93. The van der Waals surface area contributed by atoms with E-state index in [1.54, 1.807) is 0 Å². The SMILES string of the molecule is NC(=NC[C@@H]1C[C@H]1c1ccccc1)NC1CCC1. The van der Waals surface area contributed by atoms with Gasteiger partial charge in [0, 0.05) is 12.6 Å². The highest BCUT2D eigenvalue weighted by Crippen LogP contribution is 2.47. The maximum atomic E-state index is 5.88. The number of guanidine groups is 1. The van der Waals surface area contributed by atoms with Crippen LogP contribution in [0.3, 0.4) is 0 Å². The molecule has 1 aromatic carbocycles. The number of nitrogens with zero attached hydrogens (tertiary/aromatic N) is 1. The summed E-state index contributed by atoms with van der Waals surface area (Å²) in [5, 5.41) is 3.28. The minimum absolute atomic E-state index is 0.581. The van der Waals surface area contributed by atoms with Crippen molar-refractivity contribution < 1.29 is 0 Å². The summed E-state index contributed by atoms with van der Waals surface area (Å²) in [6.45, 7) is 0.866. The number of aliphatic imine (C=N–C) groups is 1. The number of nitrogens with one attached hydrogen (secondary N) is 1. The van der Waals surface area contributed by atoms with Crippen LogP contribution in [0.5, 0.6) is 0 Å². The molecule has 2 aliphatic rings. The Labute approximate surface area is 108 Å². The Balaban J connectivity index is 1.46. The van der Waals surface area contributed by atoms with Gasteiger partial charge in [0.05, 0.1) is 0 Å². The first-order valence-corrected chi connectivity index (χ1v) is 6.94. The summed E-state index contributed by atoms with van der Waals surface area (Å²) >= 11 is 0. The second kappa shape index (κ2) is 5.01. The molecule has 2 fully saturated rings. The quantitative estimate of drug-likeness (QED) is 0.629. The number of hydrogen-bond donors (Lipinski definition) is 2. The first-order chi connectivity index (χ1) is 8.83. The molecule has 0 amide bonds. The van der Waals surface area contributed by atoms with Gasteiger partial charge in [-0.3, -0.25) is 4.99 Å². The van der Waals surface area contributed by atoms with Crippen molar-refractivity contribution in [1.29, 1.82) is 0 Å². The van der Waals surface area contributed by atoms with E-state index in [9.17, 15) is 0 Å². The summed E-state index contributed by atoms with van der Waals surface area (Å²) in [5.74, 6) is 2.03. The Morgan fingerprint density at radius 2 is 2.06 bits per heavy atom. The normalized spacial score (nSPS) is 27.7. The molecule has 96 valence electrons. The van der Waals surface area contributed by atoms with Crippen LogP contribution in [0.15, 0.2) is 35.3 Å². The topological polar surface area (TPSA) is 50.4 Å². The van der Waals surface area contributed by atoms with E-state index in [-0.39, 0.29) is 0 Å². The van der Waals surface area contributed by atoms with E-state index >= 15 is 0 Å². The molecule has 0 spiro atoms. The standard InChI is InChI=1S/C15H21N3/c16-15(18-13-7-4-8-13)17-10-12-9-14(12)11-5-2-1-3-6-11/h1-3,5-6,12-14H,4,7-10H2,(H3,16,17,18)/t12-,14-/m0/s1. The molecule has 0 heterocycles. The highest BCUT2D eigenvalue weighted by Gasteiger charge is 2.37. The van der Waals surface area contributed by atoms with Crippen LogP contribution >= 0.6 is 0 Å². The van der Waals surface area contributed by atoms with Gasteiger partial charge in [-0.15, -0.1) is 0 Å². The van der Waals surface area contributed by atoms with Gasteiger partial charge in [-0.25, -0.2) is 0 Å². The van der Waals surface area contributed by atoms with Crippen LogP contribution in [0.1, 0.15) is 37.2 Å². The summed E-state index contributed by atoms with van der Waals surface area (Å²) in [5.41, 5.74) is 7.33. The molecule has 0 bridgehead atoms. The van der Waals surface area contributed by atoms with Crippen molar-refractivity contribution in [3.8, 4) is 0 Å². The summed E-state index contributed by atoms with van der Waals surface area (Å²) in [7, 11) is 0. The maximum Gasteiger partial charge on any atom is 0.188 e. The molecule has 0 saturated heterocycles. The molecule has 2 atom stereocenters. The van der Waals surface area contributed by atoms with Crippen molar-refractivity contribution in [3.63, 3.8) is 0 Å². The van der Waals surface area contributed by atoms with Crippen LogP contribution in [0.2, 0.25) is 0 Å². The minimum atomic E-state index is 0.581. The minimum Gasteiger partial charge on any atom is -0.370 e. The zero-order chi connectivity index (χ0) is 12.4. The average Bonchev–Trinajstić information content (AvgIpc) is 3.12. The highest BCUT2D eigenvalue weighted by molar-refractivity contribution is 5.78. The van der Waals surface area contributed by atoms with Crippen molar-refractivity contribution in [2.45, 2.75) is 37.6 Å². The van der Waals surface area contributed by atoms with E-state index in [2.05, 4.69) is 40.6 Å². The molecule has 3 N–H and O–H groups in total. The molecule has 3 heteroatoms. The fraction of sp³-hybridized carbons (Fsp3) is 0.533. The molecule has 0 radical (unpaired) electrons. The molecule has 0 aromatic heterocycles. The van der Waals surface area contributed by atoms with Crippen molar-refractivity contribution in [2.24, 2.45) is 16.6 Å². The third-order valence-electron chi connectivity index (χ3n) is 4.10. The van der Waals surface area contributed by atoms with E-state index in [0.717, 1.165) is 6.54 Å². The van der Waals surface area contributed by atoms with Crippen molar-refractivity contribution >= 4 is 5.96 Å². The van der Waals surface area contributed by atoms with E-state index in [1.165, 1.54) is 31.2 Å². The lowest BCUT2D eigenvalue weighted by molar-refractivity contribution is 0.382. The Bertz CT molecular complexity index is 423. The molecule has 2 aliphatic carbocycles. The molecular weight excluding hydrogens is 222 g/mol. The third-order valence-corrected chi connectivity index (χ3v) is 4.10. The molecule has 3 nitrogen and oxygen atoms in total. The zero-order valence-corrected chi connectivity index (χ0v) is 10.7. The van der Waals surface area contributed by atoms with Gasteiger partial charge in [0.25, 0.3) is 0 Å². The monoisotopic (exact) mass is 243 g/mol. The molecule has 2 saturated carbocycles. The van der Waals surface area contributed by atoms with E-state index < -0.39 is 0 Å². The lowest BCUT2D eigenvalue weighted by Crippen LogP contribution is -2.43. The summed E-state index contributed by atoms with van der Waals surface area (Å²) in [6, 6.07) is 11.3.